The maximum absolute atomic E-state index is 13.6. The monoisotopic (exact) mass is 608 g/mol. The molecule has 0 aromatic heterocycles. The molecule has 0 aliphatic heterocycles. The van der Waals surface area contributed by atoms with E-state index in [9.17, 15) is 35.1 Å². The third-order valence-corrected chi connectivity index (χ3v) is 5.04. The zero-order valence-electron chi connectivity index (χ0n) is 12.2. The summed E-state index contributed by atoms with van der Waals surface area (Å²) in [4.78, 5) is 0. The molecule has 26 heavy (non-hydrogen) atoms. The molecule has 0 unspecified atom stereocenters. The summed E-state index contributed by atoms with van der Waals surface area (Å²) in [6.45, 7) is -0.969. The van der Waals surface area contributed by atoms with Gasteiger partial charge in [0.2, 0.25) is 0 Å². The van der Waals surface area contributed by atoms with E-state index >= 15 is 0 Å². The fraction of sp³-hybridized carbons (Fsp3) is 0.143. The van der Waals surface area contributed by atoms with E-state index in [1.165, 1.54) is 0 Å². The molecule has 0 atom stereocenters. The average Bonchev–Trinajstić information content (AvgIpc) is 2.63. The Labute approximate surface area is 168 Å². The van der Waals surface area contributed by atoms with Crippen molar-refractivity contribution < 1.29 is 35.1 Å². The fourth-order valence-electron chi connectivity index (χ4n) is 1.90. The number of hydrogen-bond acceptors (Lipinski definition) is 2. The summed E-state index contributed by atoms with van der Waals surface area (Å²) in [5, 5.41) is 4.02. The molecular weight excluding hydrogens is 602 g/mol. The Balaban J connectivity index is 2.14. The van der Waals surface area contributed by atoms with Gasteiger partial charge in [0.15, 0.2) is 46.5 Å². The fourth-order valence-corrected chi connectivity index (χ4v) is 2.84. The van der Waals surface area contributed by atoms with Gasteiger partial charge in [-0.2, -0.15) is 0 Å². The van der Waals surface area contributed by atoms with Gasteiger partial charge in [0, 0.05) is 13.1 Å². The molecule has 12 heteroatoms. The lowest BCUT2D eigenvalue weighted by molar-refractivity contribution is 0.449. The molecule has 0 bridgehead atoms. The number of rotatable bonds is 5. The summed E-state index contributed by atoms with van der Waals surface area (Å²) in [6, 6.07) is 0. The molecule has 0 saturated carbocycles. The first-order valence-electron chi connectivity index (χ1n) is 6.60. The van der Waals surface area contributed by atoms with Gasteiger partial charge in [-0.05, 0) is 45.2 Å². The second kappa shape index (κ2) is 8.31. The predicted molar refractivity (Wildman–Crippen MR) is 95.0 cm³/mol. The van der Waals surface area contributed by atoms with Crippen LogP contribution in [0, 0.1) is 53.7 Å². The van der Waals surface area contributed by atoms with E-state index in [-0.39, 0.29) is 0 Å². The maximum atomic E-state index is 13.6. The molecule has 2 aromatic rings. The van der Waals surface area contributed by atoms with Crippen molar-refractivity contribution in [2.24, 2.45) is 0 Å². The normalized spacial score (nSPS) is 11.0. The van der Waals surface area contributed by atoms with Crippen LogP contribution < -0.4 is 10.6 Å². The van der Waals surface area contributed by atoms with Crippen molar-refractivity contribution in [3.05, 3.63) is 53.7 Å². The van der Waals surface area contributed by atoms with E-state index in [1.807, 2.05) is 10.6 Å². The van der Waals surface area contributed by atoms with Crippen LogP contribution >= 0.6 is 45.2 Å². The Morgan fingerprint density at radius 3 is 0.923 bits per heavy atom. The van der Waals surface area contributed by atoms with Gasteiger partial charge >= 0.3 is 0 Å². The Bertz CT molecular complexity index is 745. The third kappa shape index (κ3) is 3.80. The first kappa shape index (κ1) is 21.2. The summed E-state index contributed by atoms with van der Waals surface area (Å²) in [7, 11) is 0. The summed E-state index contributed by atoms with van der Waals surface area (Å²) in [6.07, 6.45) is 0. The number of benzene rings is 2. The molecular formula is C14H6F8I2N2. The van der Waals surface area contributed by atoms with Crippen LogP contribution in [-0.2, 0) is 0 Å². The number of nitrogens with one attached hydrogen (secondary N) is 2. The Hall–Kier alpha value is -1.06. The molecule has 0 aliphatic carbocycles. The van der Waals surface area contributed by atoms with Crippen LogP contribution in [0.4, 0.5) is 46.5 Å². The third-order valence-electron chi connectivity index (χ3n) is 3.15. The molecule has 2 rings (SSSR count). The highest BCUT2D eigenvalue weighted by Crippen LogP contribution is 2.30. The standard InChI is InChI=1S/C14H6F8I2N2/c15-3-7(19)13(8(20)4(16)11(3)23)25-1-2-26-14-9(21)5(17)12(24)6(18)10(14)22/h25-26H,1-2H2. The molecule has 142 valence electrons. The quantitative estimate of drug-likeness (QED) is 0.154. The van der Waals surface area contributed by atoms with E-state index in [2.05, 4.69) is 0 Å². The van der Waals surface area contributed by atoms with Gasteiger partial charge in [0.05, 0.1) is 7.14 Å². The highest BCUT2D eigenvalue weighted by atomic mass is 127. The van der Waals surface area contributed by atoms with E-state index < -0.39 is 78.1 Å². The highest BCUT2D eigenvalue weighted by molar-refractivity contribution is 14.1. The number of hydrogen-bond donors (Lipinski definition) is 2. The molecule has 0 spiro atoms. The summed E-state index contributed by atoms with van der Waals surface area (Å²) < 4.78 is 106. The van der Waals surface area contributed by atoms with Crippen molar-refractivity contribution in [1.82, 2.24) is 0 Å². The molecule has 0 amide bonds. The molecule has 0 heterocycles. The van der Waals surface area contributed by atoms with E-state index in [0.717, 1.165) is 45.2 Å². The Morgan fingerprint density at radius 2 is 0.692 bits per heavy atom. The van der Waals surface area contributed by atoms with Gasteiger partial charge in [-0.25, -0.2) is 35.1 Å². The SMILES string of the molecule is Fc1c(F)c(NCCNc2c(F)c(F)c(I)c(F)c2F)c(F)c(F)c1I. The van der Waals surface area contributed by atoms with Crippen LogP contribution in [0.5, 0.6) is 0 Å². The van der Waals surface area contributed by atoms with Gasteiger partial charge in [0.1, 0.15) is 11.4 Å². The number of halogens is 10. The predicted octanol–water partition coefficient (Wildman–Crippen LogP) is 5.53. The van der Waals surface area contributed by atoms with E-state index in [1.54, 1.807) is 0 Å². The maximum Gasteiger partial charge on any atom is 0.186 e. The van der Waals surface area contributed by atoms with E-state index in [4.69, 9.17) is 0 Å². The molecule has 0 aliphatic rings. The van der Waals surface area contributed by atoms with Crippen LogP contribution in [0.15, 0.2) is 0 Å². The van der Waals surface area contributed by atoms with Crippen LogP contribution in [-0.4, -0.2) is 13.1 Å². The van der Waals surface area contributed by atoms with E-state index in [0.29, 0.717) is 0 Å². The summed E-state index contributed by atoms with van der Waals surface area (Å²) >= 11 is 2.16. The lowest BCUT2D eigenvalue weighted by atomic mass is 10.2. The molecule has 0 radical (unpaired) electrons. The summed E-state index contributed by atoms with van der Waals surface area (Å²) in [5.41, 5.74) is -2.24. The first-order valence-corrected chi connectivity index (χ1v) is 8.75. The lowest BCUT2D eigenvalue weighted by Crippen LogP contribution is -2.19. The van der Waals surface area contributed by atoms with Gasteiger partial charge in [-0.3, -0.25) is 0 Å². The van der Waals surface area contributed by atoms with Crippen LogP contribution in [0.1, 0.15) is 0 Å². The second-order valence-electron chi connectivity index (χ2n) is 4.74. The van der Waals surface area contributed by atoms with Gasteiger partial charge < -0.3 is 10.6 Å². The molecule has 0 fully saturated rings. The average molecular weight is 608 g/mol. The minimum absolute atomic E-state index is 0.485. The van der Waals surface area contributed by atoms with Crippen molar-refractivity contribution in [1.29, 1.82) is 0 Å². The largest absolute Gasteiger partial charge is 0.378 e. The zero-order chi connectivity index (χ0) is 19.8. The minimum Gasteiger partial charge on any atom is -0.378 e. The van der Waals surface area contributed by atoms with Crippen molar-refractivity contribution >= 4 is 56.6 Å². The minimum atomic E-state index is -1.68. The van der Waals surface area contributed by atoms with Gasteiger partial charge in [-0.15, -0.1) is 0 Å². The molecule has 2 aromatic carbocycles. The Kier molecular flexibility index (Phi) is 6.79. The van der Waals surface area contributed by atoms with Crippen LogP contribution in [0.2, 0.25) is 0 Å². The van der Waals surface area contributed by atoms with Crippen molar-refractivity contribution in [2.45, 2.75) is 0 Å². The number of anilines is 2. The summed E-state index contributed by atoms with van der Waals surface area (Å²) in [5.74, 6) is -13.2. The van der Waals surface area contributed by atoms with Crippen molar-refractivity contribution in [3.63, 3.8) is 0 Å². The smallest absolute Gasteiger partial charge is 0.186 e. The van der Waals surface area contributed by atoms with Gasteiger partial charge in [0.25, 0.3) is 0 Å². The zero-order valence-corrected chi connectivity index (χ0v) is 16.5. The molecule has 0 saturated heterocycles. The van der Waals surface area contributed by atoms with Crippen LogP contribution in [0.3, 0.4) is 0 Å². The molecule has 2 N–H and O–H groups in total. The highest BCUT2D eigenvalue weighted by Gasteiger charge is 2.25. The topological polar surface area (TPSA) is 24.1 Å². The first-order chi connectivity index (χ1) is 12.1. The van der Waals surface area contributed by atoms with Crippen LogP contribution in [0.25, 0.3) is 0 Å². The van der Waals surface area contributed by atoms with Crippen molar-refractivity contribution in [3.8, 4) is 0 Å². The van der Waals surface area contributed by atoms with Gasteiger partial charge in [-0.1, -0.05) is 0 Å². The second-order valence-corrected chi connectivity index (χ2v) is 6.90. The lowest BCUT2D eigenvalue weighted by Gasteiger charge is -2.14. The molecule has 2 nitrogen and oxygen atoms in total. The Morgan fingerprint density at radius 1 is 0.462 bits per heavy atom. The van der Waals surface area contributed by atoms with Crippen molar-refractivity contribution in [2.75, 3.05) is 23.7 Å².